The molecule has 1 saturated heterocycles. The maximum Gasteiger partial charge on any atom is 0.255 e. The van der Waals surface area contributed by atoms with Crippen LogP contribution in [-0.2, 0) is 4.74 Å². The Morgan fingerprint density at radius 2 is 2.42 bits per heavy atom. The van der Waals surface area contributed by atoms with E-state index in [-0.39, 0.29) is 12.0 Å². The maximum absolute atomic E-state index is 12.2. The highest BCUT2D eigenvalue weighted by molar-refractivity contribution is 5.99. The first-order chi connectivity index (χ1) is 9.20. The molecule has 2 N–H and O–H groups in total. The number of aryl methyl sites for hydroxylation is 1. The minimum atomic E-state index is -0.0982. The van der Waals surface area contributed by atoms with Gasteiger partial charge >= 0.3 is 0 Å². The topological polar surface area (TPSA) is 63.2 Å². The zero-order valence-electron chi connectivity index (χ0n) is 11.5. The van der Waals surface area contributed by atoms with E-state index in [9.17, 15) is 4.79 Å². The van der Waals surface area contributed by atoms with E-state index in [1.165, 1.54) is 0 Å². The van der Waals surface area contributed by atoms with Crippen molar-refractivity contribution in [2.24, 2.45) is 0 Å². The summed E-state index contributed by atoms with van der Waals surface area (Å²) in [7, 11) is 0. The number of pyridine rings is 1. The number of hydrogen-bond donors (Lipinski definition) is 2. The molecule has 1 aromatic heterocycles. The van der Waals surface area contributed by atoms with Crippen LogP contribution in [-0.4, -0.2) is 36.7 Å². The molecule has 5 heteroatoms. The lowest BCUT2D eigenvalue weighted by Crippen LogP contribution is -2.32. The summed E-state index contributed by atoms with van der Waals surface area (Å²) in [5.41, 5.74) is 2.32. The molecule has 1 aromatic rings. The van der Waals surface area contributed by atoms with Crippen molar-refractivity contribution in [1.82, 2.24) is 10.3 Å². The van der Waals surface area contributed by atoms with Gasteiger partial charge in [0.2, 0.25) is 0 Å². The van der Waals surface area contributed by atoms with Gasteiger partial charge in [0, 0.05) is 31.6 Å². The first-order valence-corrected chi connectivity index (χ1v) is 6.81. The summed E-state index contributed by atoms with van der Waals surface area (Å²) in [5, 5.41) is 6.11. The maximum atomic E-state index is 12.2. The lowest BCUT2D eigenvalue weighted by atomic mass is 10.2. The summed E-state index contributed by atoms with van der Waals surface area (Å²) >= 11 is 0. The monoisotopic (exact) mass is 263 g/mol. The van der Waals surface area contributed by atoms with Crippen molar-refractivity contribution in [2.75, 3.05) is 25.0 Å². The third-order valence-corrected chi connectivity index (χ3v) is 3.17. The van der Waals surface area contributed by atoms with Crippen molar-refractivity contribution in [3.05, 3.63) is 23.5 Å². The molecule has 1 aliphatic rings. The Hall–Kier alpha value is -1.62. The average Bonchev–Trinajstić information content (AvgIpc) is 2.90. The normalized spacial score (nSPS) is 18.3. The lowest BCUT2D eigenvalue weighted by molar-refractivity contribution is 0.0858. The van der Waals surface area contributed by atoms with Crippen molar-refractivity contribution in [2.45, 2.75) is 32.8 Å². The Labute approximate surface area is 113 Å². The number of carbonyl (C=O) groups is 1. The van der Waals surface area contributed by atoms with E-state index in [2.05, 4.69) is 15.6 Å². The molecule has 1 unspecified atom stereocenters. The van der Waals surface area contributed by atoms with Crippen molar-refractivity contribution < 1.29 is 9.53 Å². The molecule has 0 aliphatic carbocycles. The fourth-order valence-corrected chi connectivity index (χ4v) is 2.18. The summed E-state index contributed by atoms with van der Waals surface area (Å²) in [6.45, 7) is 6.06. The van der Waals surface area contributed by atoms with Gasteiger partial charge in [-0.15, -0.1) is 0 Å². The number of nitrogens with one attached hydrogen (secondary N) is 2. The Bertz CT molecular complexity index is 442. The molecule has 2 heterocycles. The SMILES string of the molecule is CCNc1cc(C)ncc1C(=O)NCC1CCCO1. The van der Waals surface area contributed by atoms with Crippen LogP contribution in [0.1, 0.15) is 35.8 Å². The van der Waals surface area contributed by atoms with Gasteiger partial charge in [0.15, 0.2) is 0 Å². The van der Waals surface area contributed by atoms with Crippen LogP contribution in [0.25, 0.3) is 0 Å². The predicted octanol–water partition coefficient (Wildman–Crippen LogP) is 1.73. The fraction of sp³-hybridized carbons (Fsp3) is 0.571. The second-order valence-corrected chi connectivity index (χ2v) is 4.75. The molecule has 2 rings (SSSR count). The summed E-state index contributed by atoms with van der Waals surface area (Å²) in [6, 6.07) is 1.89. The smallest absolute Gasteiger partial charge is 0.255 e. The number of ether oxygens (including phenoxy) is 1. The Morgan fingerprint density at radius 3 is 3.11 bits per heavy atom. The molecule has 0 saturated carbocycles. The molecule has 0 spiro atoms. The van der Waals surface area contributed by atoms with Crippen LogP contribution in [0.15, 0.2) is 12.3 Å². The minimum Gasteiger partial charge on any atom is -0.385 e. The molecule has 5 nitrogen and oxygen atoms in total. The number of rotatable bonds is 5. The van der Waals surface area contributed by atoms with Crippen molar-refractivity contribution in [3.8, 4) is 0 Å². The molecule has 1 amide bonds. The van der Waals surface area contributed by atoms with E-state index in [0.717, 1.165) is 37.4 Å². The van der Waals surface area contributed by atoms with Gasteiger partial charge in [-0.25, -0.2) is 0 Å². The molecule has 0 bridgehead atoms. The van der Waals surface area contributed by atoms with Crippen LogP contribution >= 0.6 is 0 Å². The van der Waals surface area contributed by atoms with E-state index in [4.69, 9.17) is 4.74 Å². The zero-order valence-corrected chi connectivity index (χ0v) is 11.5. The van der Waals surface area contributed by atoms with Crippen molar-refractivity contribution >= 4 is 11.6 Å². The van der Waals surface area contributed by atoms with Gasteiger partial charge in [-0.3, -0.25) is 9.78 Å². The molecular weight excluding hydrogens is 242 g/mol. The molecule has 1 atom stereocenters. The van der Waals surface area contributed by atoms with Crippen LogP contribution < -0.4 is 10.6 Å². The summed E-state index contributed by atoms with van der Waals surface area (Å²) in [6.07, 6.45) is 3.88. The van der Waals surface area contributed by atoms with Crippen molar-refractivity contribution in [3.63, 3.8) is 0 Å². The summed E-state index contributed by atoms with van der Waals surface area (Å²) in [5.74, 6) is -0.0982. The molecular formula is C14H21N3O2. The first kappa shape index (κ1) is 13.8. The summed E-state index contributed by atoms with van der Waals surface area (Å²) < 4.78 is 5.49. The van der Waals surface area contributed by atoms with Crippen molar-refractivity contribution in [1.29, 1.82) is 0 Å². The highest BCUT2D eigenvalue weighted by atomic mass is 16.5. The standard InChI is InChI=1S/C14H21N3O2/c1-3-15-13-7-10(2)16-9-12(13)14(18)17-8-11-5-4-6-19-11/h7,9,11H,3-6,8H2,1-2H3,(H,15,16)(H,17,18). The van der Waals surface area contributed by atoms with E-state index >= 15 is 0 Å². The molecule has 0 aromatic carbocycles. The van der Waals surface area contributed by atoms with Crippen LogP contribution in [0.5, 0.6) is 0 Å². The van der Waals surface area contributed by atoms with E-state index < -0.39 is 0 Å². The highest BCUT2D eigenvalue weighted by Gasteiger charge is 2.18. The number of nitrogens with zero attached hydrogens (tertiary/aromatic N) is 1. The number of anilines is 1. The van der Waals surface area contributed by atoms with Crippen LogP contribution in [0, 0.1) is 6.92 Å². The predicted molar refractivity (Wildman–Crippen MR) is 74.4 cm³/mol. The molecule has 1 aliphatic heterocycles. The quantitative estimate of drug-likeness (QED) is 0.849. The van der Waals surface area contributed by atoms with E-state index in [0.29, 0.717) is 12.1 Å². The minimum absolute atomic E-state index is 0.0982. The second kappa shape index (κ2) is 6.52. The number of aromatic nitrogens is 1. The van der Waals surface area contributed by atoms with Gasteiger partial charge in [-0.1, -0.05) is 0 Å². The zero-order chi connectivity index (χ0) is 13.7. The fourth-order valence-electron chi connectivity index (χ4n) is 2.18. The number of hydrogen-bond acceptors (Lipinski definition) is 4. The first-order valence-electron chi connectivity index (χ1n) is 6.81. The number of carbonyl (C=O) groups excluding carboxylic acids is 1. The summed E-state index contributed by atoms with van der Waals surface area (Å²) in [4.78, 5) is 16.4. The van der Waals surface area contributed by atoms with Crippen LogP contribution in [0.4, 0.5) is 5.69 Å². The number of amides is 1. The van der Waals surface area contributed by atoms with Gasteiger partial charge in [0.05, 0.1) is 17.4 Å². The third-order valence-electron chi connectivity index (χ3n) is 3.17. The molecule has 104 valence electrons. The van der Waals surface area contributed by atoms with Gasteiger partial charge in [0.25, 0.3) is 5.91 Å². The van der Waals surface area contributed by atoms with Gasteiger partial charge in [-0.05, 0) is 32.8 Å². The lowest BCUT2D eigenvalue weighted by Gasteiger charge is -2.13. The largest absolute Gasteiger partial charge is 0.385 e. The third kappa shape index (κ3) is 3.67. The van der Waals surface area contributed by atoms with Crippen LogP contribution in [0.2, 0.25) is 0 Å². The molecule has 19 heavy (non-hydrogen) atoms. The van der Waals surface area contributed by atoms with Crippen LogP contribution in [0.3, 0.4) is 0 Å². The van der Waals surface area contributed by atoms with Gasteiger partial charge in [-0.2, -0.15) is 0 Å². The van der Waals surface area contributed by atoms with Gasteiger partial charge in [0.1, 0.15) is 0 Å². The average molecular weight is 263 g/mol. The molecule has 1 fully saturated rings. The Kier molecular flexibility index (Phi) is 4.74. The van der Waals surface area contributed by atoms with Gasteiger partial charge < -0.3 is 15.4 Å². The second-order valence-electron chi connectivity index (χ2n) is 4.75. The highest BCUT2D eigenvalue weighted by Crippen LogP contribution is 2.16. The molecule has 0 radical (unpaired) electrons. The van der Waals surface area contributed by atoms with E-state index in [1.807, 2.05) is 19.9 Å². The Balaban J connectivity index is 2.00. The Morgan fingerprint density at radius 1 is 1.58 bits per heavy atom. The van der Waals surface area contributed by atoms with E-state index in [1.54, 1.807) is 6.20 Å².